The van der Waals surface area contributed by atoms with Gasteiger partial charge < -0.3 is 11.1 Å². The van der Waals surface area contributed by atoms with Crippen LogP contribution in [0.25, 0.3) is 0 Å². The number of rotatable bonds is 5. The summed E-state index contributed by atoms with van der Waals surface area (Å²) in [5.74, 6) is 0.906. The van der Waals surface area contributed by atoms with Gasteiger partial charge in [0.2, 0.25) is 5.91 Å². The van der Waals surface area contributed by atoms with Crippen molar-refractivity contribution in [3.63, 3.8) is 0 Å². The van der Waals surface area contributed by atoms with Crippen molar-refractivity contribution in [3.8, 4) is 0 Å². The quantitative estimate of drug-likeness (QED) is 0.768. The molecule has 1 atom stereocenters. The Morgan fingerprint density at radius 2 is 2.12 bits per heavy atom. The van der Waals surface area contributed by atoms with Crippen molar-refractivity contribution >= 4 is 18.3 Å². The van der Waals surface area contributed by atoms with E-state index in [0.29, 0.717) is 18.5 Å². The van der Waals surface area contributed by atoms with Crippen LogP contribution in [0, 0.1) is 5.92 Å². The highest BCUT2D eigenvalue weighted by molar-refractivity contribution is 5.85. The van der Waals surface area contributed by atoms with Gasteiger partial charge in [0.05, 0.1) is 6.54 Å². The van der Waals surface area contributed by atoms with E-state index in [-0.39, 0.29) is 18.3 Å². The molecular weight excluding hydrogens is 238 g/mol. The zero-order chi connectivity index (χ0) is 11.4. The molecule has 2 rings (SSSR count). The maximum atomic E-state index is 11.6. The highest BCUT2D eigenvalue weighted by Crippen LogP contribution is 2.20. The van der Waals surface area contributed by atoms with Crippen molar-refractivity contribution in [2.75, 3.05) is 26.2 Å². The van der Waals surface area contributed by atoms with Crippen molar-refractivity contribution in [2.24, 2.45) is 11.7 Å². The fourth-order valence-corrected chi connectivity index (χ4v) is 2.47. The smallest absolute Gasteiger partial charge is 0.234 e. The fourth-order valence-electron chi connectivity index (χ4n) is 2.47. The van der Waals surface area contributed by atoms with Gasteiger partial charge in [-0.3, -0.25) is 9.69 Å². The molecule has 0 radical (unpaired) electrons. The van der Waals surface area contributed by atoms with Gasteiger partial charge in [-0.15, -0.1) is 12.4 Å². The van der Waals surface area contributed by atoms with Crippen LogP contribution in [-0.4, -0.2) is 43.0 Å². The zero-order valence-corrected chi connectivity index (χ0v) is 11.2. The number of hydrogen-bond donors (Lipinski definition) is 2. The molecule has 1 saturated carbocycles. The lowest BCUT2D eigenvalue weighted by molar-refractivity contribution is -0.122. The minimum Gasteiger partial charge on any atom is -0.352 e. The van der Waals surface area contributed by atoms with E-state index in [1.165, 1.54) is 25.7 Å². The third-order valence-electron chi connectivity index (χ3n) is 3.49. The van der Waals surface area contributed by atoms with E-state index in [2.05, 4.69) is 10.2 Å². The summed E-state index contributed by atoms with van der Waals surface area (Å²) in [7, 11) is 0. The molecule has 1 amide bonds. The Morgan fingerprint density at radius 1 is 1.35 bits per heavy atom. The Hall–Kier alpha value is -0.320. The molecule has 2 fully saturated rings. The Balaban J connectivity index is 0.00000144. The number of amides is 1. The summed E-state index contributed by atoms with van der Waals surface area (Å²) < 4.78 is 0. The molecule has 2 aliphatic rings. The van der Waals surface area contributed by atoms with Gasteiger partial charge in [-0.1, -0.05) is 0 Å². The van der Waals surface area contributed by atoms with Crippen LogP contribution >= 0.6 is 12.4 Å². The minimum absolute atomic E-state index is 0. The van der Waals surface area contributed by atoms with Gasteiger partial charge in [0.1, 0.15) is 0 Å². The normalized spacial score (nSPS) is 25.1. The van der Waals surface area contributed by atoms with E-state index in [1.807, 2.05) is 0 Å². The zero-order valence-electron chi connectivity index (χ0n) is 10.4. The molecule has 5 heteroatoms. The predicted molar refractivity (Wildman–Crippen MR) is 71.2 cm³/mol. The third kappa shape index (κ3) is 5.23. The summed E-state index contributed by atoms with van der Waals surface area (Å²) in [5.41, 5.74) is 5.58. The number of carbonyl (C=O) groups is 1. The lowest BCUT2D eigenvalue weighted by Gasteiger charge is -2.32. The molecular formula is C12H24ClN3O. The van der Waals surface area contributed by atoms with Crippen LogP contribution in [0.5, 0.6) is 0 Å². The van der Waals surface area contributed by atoms with Crippen molar-refractivity contribution < 1.29 is 4.79 Å². The first-order valence-electron chi connectivity index (χ1n) is 6.49. The molecule has 0 bridgehead atoms. The maximum absolute atomic E-state index is 11.6. The van der Waals surface area contributed by atoms with E-state index in [1.54, 1.807) is 0 Å². The number of carbonyl (C=O) groups excluding carboxylic acids is 1. The second-order valence-electron chi connectivity index (χ2n) is 5.16. The minimum atomic E-state index is 0. The molecule has 1 aliphatic carbocycles. The molecule has 0 aromatic heterocycles. The molecule has 17 heavy (non-hydrogen) atoms. The summed E-state index contributed by atoms with van der Waals surface area (Å²) in [6, 6.07) is 0.483. The summed E-state index contributed by atoms with van der Waals surface area (Å²) in [4.78, 5) is 13.9. The fraction of sp³-hybridized carbons (Fsp3) is 0.917. The number of hydrogen-bond acceptors (Lipinski definition) is 3. The lowest BCUT2D eigenvalue weighted by atomic mass is 9.95. The second-order valence-corrected chi connectivity index (χ2v) is 5.16. The number of halogens is 1. The first-order chi connectivity index (χ1) is 7.78. The van der Waals surface area contributed by atoms with Crippen molar-refractivity contribution in [2.45, 2.75) is 38.1 Å². The van der Waals surface area contributed by atoms with E-state index in [4.69, 9.17) is 5.73 Å². The SMILES string of the molecule is Cl.NCCC1CCCN(CC(=O)NC2CC2)C1. The predicted octanol–water partition coefficient (Wildman–Crippen LogP) is 0.748. The van der Waals surface area contributed by atoms with Gasteiger partial charge in [-0.2, -0.15) is 0 Å². The van der Waals surface area contributed by atoms with Gasteiger partial charge in [0, 0.05) is 12.6 Å². The highest BCUT2D eigenvalue weighted by Gasteiger charge is 2.25. The Morgan fingerprint density at radius 3 is 2.76 bits per heavy atom. The summed E-state index contributed by atoms with van der Waals surface area (Å²) in [6.07, 6.45) is 5.92. The van der Waals surface area contributed by atoms with Crippen LogP contribution in [0.15, 0.2) is 0 Å². The molecule has 1 heterocycles. The molecule has 100 valence electrons. The number of nitrogens with two attached hydrogens (primary N) is 1. The van der Waals surface area contributed by atoms with E-state index >= 15 is 0 Å². The topological polar surface area (TPSA) is 58.4 Å². The molecule has 0 spiro atoms. The Bertz CT molecular complexity index is 244. The highest BCUT2D eigenvalue weighted by atomic mass is 35.5. The van der Waals surface area contributed by atoms with Gasteiger partial charge in [-0.25, -0.2) is 0 Å². The number of nitrogens with one attached hydrogen (secondary N) is 1. The standard InChI is InChI=1S/C12H23N3O.ClH/c13-6-5-10-2-1-7-15(8-10)9-12(16)14-11-3-4-11;/h10-11H,1-9,13H2,(H,14,16);1H. The molecule has 3 N–H and O–H groups in total. The molecule has 1 aliphatic heterocycles. The third-order valence-corrected chi connectivity index (χ3v) is 3.49. The van der Waals surface area contributed by atoms with Crippen LogP contribution in [0.3, 0.4) is 0 Å². The van der Waals surface area contributed by atoms with Gasteiger partial charge >= 0.3 is 0 Å². The number of nitrogens with zero attached hydrogens (tertiary/aromatic N) is 1. The largest absolute Gasteiger partial charge is 0.352 e. The van der Waals surface area contributed by atoms with Crippen molar-refractivity contribution in [3.05, 3.63) is 0 Å². The summed E-state index contributed by atoms with van der Waals surface area (Å²) >= 11 is 0. The van der Waals surface area contributed by atoms with Crippen molar-refractivity contribution in [1.82, 2.24) is 10.2 Å². The summed E-state index contributed by atoms with van der Waals surface area (Å²) in [5, 5.41) is 3.04. The molecule has 1 saturated heterocycles. The molecule has 4 nitrogen and oxygen atoms in total. The first kappa shape index (κ1) is 14.7. The van der Waals surface area contributed by atoms with Crippen molar-refractivity contribution in [1.29, 1.82) is 0 Å². The van der Waals surface area contributed by atoms with Gasteiger partial charge in [0.25, 0.3) is 0 Å². The summed E-state index contributed by atoms with van der Waals surface area (Å²) in [6.45, 7) is 3.47. The first-order valence-corrected chi connectivity index (χ1v) is 6.49. The average Bonchev–Trinajstić information content (AvgIpc) is 3.02. The Kier molecular flexibility index (Phi) is 6.23. The molecule has 0 aromatic rings. The van der Waals surface area contributed by atoms with Crippen LogP contribution in [0.2, 0.25) is 0 Å². The molecule has 1 unspecified atom stereocenters. The van der Waals surface area contributed by atoms with Crippen LogP contribution < -0.4 is 11.1 Å². The van der Waals surface area contributed by atoms with Crippen LogP contribution in [-0.2, 0) is 4.79 Å². The Labute approximate surface area is 110 Å². The van der Waals surface area contributed by atoms with Crippen LogP contribution in [0.4, 0.5) is 0 Å². The second kappa shape index (κ2) is 7.19. The van der Waals surface area contributed by atoms with Gasteiger partial charge in [0.15, 0.2) is 0 Å². The van der Waals surface area contributed by atoms with Gasteiger partial charge in [-0.05, 0) is 51.1 Å². The lowest BCUT2D eigenvalue weighted by Crippen LogP contribution is -2.43. The maximum Gasteiger partial charge on any atom is 0.234 e. The number of piperidine rings is 1. The number of likely N-dealkylation sites (tertiary alicyclic amines) is 1. The van der Waals surface area contributed by atoms with E-state index < -0.39 is 0 Å². The average molecular weight is 262 g/mol. The molecule has 0 aromatic carbocycles. The van der Waals surface area contributed by atoms with Crippen LogP contribution in [0.1, 0.15) is 32.1 Å². The van der Waals surface area contributed by atoms with E-state index in [0.717, 1.165) is 26.1 Å². The van der Waals surface area contributed by atoms with E-state index in [9.17, 15) is 4.79 Å². The monoisotopic (exact) mass is 261 g/mol.